The van der Waals surface area contributed by atoms with Crippen molar-refractivity contribution in [3.05, 3.63) is 116 Å². The highest BCUT2D eigenvalue weighted by Gasteiger charge is 2.47. The minimum absolute atomic E-state index is 0.139. The van der Waals surface area contributed by atoms with Gasteiger partial charge in [0.25, 0.3) is 47.3 Å². The molecule has 4 heterocycles. The SMILES string of the molecule is CCCCC(CC)CN1C(=O)c2cc(SCC)c3c4c(cc(SCC)c(c24)C1=O)C(=O)N(c1cc(OCCN(C)CCOc2ccc(C(C)(C)C)c(N4C(=O)c5cc(SCC)c6c7c(cc(SCC)c(c57)C4=O)C(=O)N(CC(CC)CCCC)C6=O)c2)ccc1C(C)(C)C)C3=O. The molecule has 19 heteroatoms. The lowest BCUT2D eigenvalue weighted by Gasteiger charge is -2.36. The van der Waals surface area contributed by atoms with Gasteiger partial charge in [0.2, 0.25) is 0 Å². The predicted octanol–water partition coefficient (Wildman–Crippen LogP) is 17.7. The van der Waals surface area contributed by atoms with Gasteiger partial charge in [-0.3, -0.25) is 53.1 Å². The number of imide groups is 4. The van der Waals surface area contributed by atoms with E-state index in [4.69, 9.17) is 9.47 Å². The standard InChI is InChI=1S/C77H93N5O10S4/c1-16-24-26-44(18-3)42-79-68(83)48-38-58(95-22-7)66-62-50(40-56(93-20-5)64(60(48)62)72(79)87)70(85)81(74(66)89)54-36-46(28-30-52(54)76(9,10)11)91-34-32-78(15)33-35-92-47-29-31-53(77(12,13)14)55(37-47)82-71(86)51-41-57(94-21-6)65-61-49(39-59(96-23-8)67(63(51)61)75(82)90)69(84)80(73(65)88)43-45(19-4)27-25-17-2/h28-31,36-41,44-45H,16-27,32-35,42-43H2,1-15H3. The number of hydrogen-bond donors (Lipinski definition) is 0. The molecule has 0 saturated heterocycles. The monoisotopic (exact) mass is 1380 g/mol. The zero-order valence-corrected chi connectivity index (χ0v) is 61.9. The molecule has 510 valence electrons. The molecule has 6 aromatic carbocycles. The van der Waals surface area contributed by atoms with Gasteiger partial charge in [-0.1, -0.05) is 148 Å². The smallest absolute Gasteiger partial charge is 0.267 e. The van der Waals surface area contributed by atoms with Crippen molar-refractivity contribution in [2.75, 3.05) is 79.3 Å². The number of benzene rings is 6. The molecule has 0 N–H and O–H groups in total. The van der Waals surface area contributed by atoms with Crippen molar-refractivity contribution in [2.24, 2.45) is 11.8 Å². The van der Waals surface area contributed by atoms with Crippen molar-refractivity contribution in [2.45, 2.75) is 179 Å². The second-order valence-corrected chi connectivity index (χ2v) is 32.7. The maximum absolute atomic E-state index is 15.5. The van der Waals surface area contributed by atoms with E-state index >= 15 is 19.2 Å². The van der Waals surface area contributed by atoms with Crippen molar-refractivity contribution in [3.8, 4) is 11.5 Å². The molecule has 2 atom stereocenters. The van der Waals surface area contributed by atoms with Crippen molar-refractivity contribution < 1.29 is 47.8 Å². The number of nitrogens with zero attached hydrogens (tertiary/aromatic N) is 5. The first-order valence-corrected chi connectivity index (χ1v) is 38.4. The summed E-state index contributed by atoms with van der Waals surface area (Å²) in [7, 11) is 1.95. The van der Waals surface area contributed by atoms with Crippen molar-refractivity contribution in [1.29, 1.82) is 0 Å². The quantitative estimate of drug-likeness (QED) is 0.0308. The Morgan fingerprint density at radius 2 is 0.729 bits per heavy atom. The number of anilines is 2. The lowest BCUT2D eigenvalue weighted by molar-refractivity contribution is 0.0562. The summed E-state index contributed by atoms with van der Waals surface area (Å²) >= 11 is 5.77. The number of rotatable bonds is 30. The topological polar surface area (TPSA) is 171 Å². The average Bonchev–Trinajstić information content (AvgIpc) is 0.703. The molecule has 0 bridgehead atoms. The van der Waals surface area contributed by atoms with Crippen LogP contribution >= 0.6 is 47.0 Å². The zero-order valence-electron chi connectivity index (χ0n) is 58.6. The third-order valence-corrected chi connectivity index (χ3v) is 22.6. The van der Waals surface area contributed by atoms with Gasteiger partial charge in [-0.25, -0.2) is 9.80 Å². The largest absolute Gasteiger partial charge is 0.492 e. The van der Waals surface area contributed by atoms with Crippen LogP contribution in [0.4, 0.5) is 11.4 Å². The highest BCUT2D eigenvalue weighted by molar-refractivity contribution is 8.00. The zero-order chi connectivity index (χ0) is 69.4. The molecule has 8 amide bonds. The Morgan fingerprint density at radius 3 is 1.02 bits per heavy atom. The molecule has 0 saturated carbocycles. The molecule has 0 aromatic heterocycles. The third kappa shape index (κ3) is 13.5. The van der Waals surface area contributed by atoms with Gasteiger partial charge in [0.05, 0.1) is 44.8 Å². The second-order valence-electron chi connectivity index (χ2n) is 27.4. The fourth-order valence-electron chi connectivity index (χ4n) is 13.9. The maximum atomic E-state index is 15.5. The number of carbonyl (C=O) groups excluding carboxylic acids is 8. The van der Waals surface area contributed by atoms with Crippen LogP contribution in [-0.4, -0.2) is 131 Å². The highest BCUT2D eigenvalue weighted by atomic mass is 32.2. The van der Waals surface area contributed by atoms with Gasteiger partial charge < -0.3 is 9.47 Å². The van der Waals surface area contributed by atoms with Crippen LogP contribution in [0, 0.1) is 11.8 Å². The third-order valence-electron chi connectivity index (χ3n) is 18.9. The van der Waals surface area contributed by atoms with Crippen LogP contribution in [0.3, 0.4) is 0 Å². The van der Waals surface area contributed by atoms with Gasteiger partial charge in [-0.2, -0.15) is 0 Å². The maximum Gasteiger partial charge on any atom is 0.267 e. The first-order chi connectivity index (χ1) is 45.8. The molecular formula is C77H93N5O10S4. The summed E-state index contributed by atoms with van der Waals surface area (Å²) in [5, 5.41) is 1.47. The summed E-state index contributed by atoms with van der Waals surface area (Å²) in [5.74, 6) is -0.148. The van der Waals surface area contributed by atoms with Crippen molar-refractivity contribution in [1.82, 2.24) is 14.7 Å². The Bertz CT molecular complexity index is 3870. The van der Waals surface area contributed by atoms with E-state index in [9.17, 15) is 19.2 Å². The predicted molar refractivity (Wildman–Crippen MR) is 392 cm³/mol. The average molecular weight is 1380 g/mol. The fourth-order valence-corrected chi connectivity index (χ4v) is 17.3. The molecule has 0 aliphatic carbocycles. The minimum Gasteiger partial charge on any atom is -0.492 e. The summed E-state index contributed by atoms with van der Waals surface area (Å²) in [5.41, 5.74) is 3.78. The van der Waals surface area contributed by atoms with Gasteiger partial charge in [-0.05, 0) is 113 Å². The number of thioether (sulfide) groups is 4. The molecule has 6 aromatic rings. The molecule has 0 radical (unpaired) electrons. The summed E-state index contributed by atoms with van der Waals surface area (Å²) in [6.45, 7) is 30.6. The van der Waals surface area contributed by atoms with Gasteiger partial charge in [-0.15, -0.1) is 47.0 Å². The number of unbranched alkanes of at least 4 members (excludes halogenated alkanes) is 2. The van der Waals surface area contributed by atoms with E-state index in [-0.39, 0.29) is 48.0 Å². The number of hydrogen-bond acceptors (Lipinski definition) is 15. The van der Waals surface area contributed by atoms with Gasteiger partial charge in [0.15, 0.2) is 0 Å². The van der Waals surface area contributed by atoms with E-state index in [1.165, 1.54) is 66.6 Å². The molecule has 0 spiro atoms. The summed E-state index contributed by atoms with van der Waals surface area (Å²) in [4.78, 5) is 131. The molecule has 4 aliphatic heterocycles. The lowest BCUT2D eigenvalue weighted by atomic mass is 9.83. The highest BCUT2D eigenvalue weighted by Crippen LogP contribution is 2.51. The van der Waals surface area contributed by atoms with Gasteiger partial charge in [0.1, 0.15) is 24.7 Å². The number of amides is 8. The van der Waals surface area contributed by atoms with Crippen LogP contribution in [0.2, 0.25) is 0 Å². The first-order valence-electron chi connectivity index (χ1n) is 34.4. The fraction of sp³-hybridized carbons (Fsp3) is 0.481. The molecule has 15 nitrogen and oxygen atoms in total. The van der Waals surface area contributed by atoms with Crippen LogP contribution in [-0.2, 0) is 10.8 Å². The van der Waals surface area contributed by atoms with E-state index in [1.54, 1.807) is 36.4 Å². The number of likely N-dealkylation sites (N-methyl/N-ethyl adjacent to an activating group) is 1. The number of carbonyl (C=O) groups is 8. The molecule has 0 fully saturated rings. The van der Waals surface area contributed by atoms with Crippen molar-refractivity contribution >= 4 is 127 Å². The molecular weight excluding hydrogens is 1280 g/mol. The summed E-state index contributed by atoms with van der Waals surface area (Å²) < 4.78 is 12.9. The van der Waals surface area contributed by atoms with Crippen LogP contribution in [0.15, 0.2) is 80.2 Å². The van der Waals surface area contributed by atoms with Gasteiger partial charge in [0, 0.05) is 90.6 Å². The molecule has 2 unspecified atom stereocenters. The van der Waals surface area contributed by atoms with Crippen LogP contribution in [0.1, 0.15) is 242 Å². The van der Waals surface area contributed by atoms with E-state index in [2.05, 4.69) is 32.6 Å². The Labute approximate surface area is 583 Å². The Morgan fingerprint density at radius 1 is 0.417 bits per heavy atom. The van der Waals surface area contributed by atoms with E-state index in [1.807, 2.05) is 101 Å². The molecule has 96 heavy (non-hydrogen) atoms. The first kappa shape index (κ1) is 72.1. The minimum atomic E-state index is -0.542. The lowest BCUT2D eigenvalue weighted by Crippen LogP contribution is -2.45. The van der Waals surface area contributed by atoms with E-state index in [0.29, 0.717) is 147 Å². The van der Waals surface area contributed by atoms with Crippen molar-refractivity contribution in [3.63, 3.8) is 0 Å². The summed E-state index contributed by atoms with van der Waals surface area (Å²) in [6.07, 6.45) is 7.45. The Hall–Kier alpha value is -6.64. The number of ether oxygens (including phenoxy) is 2. The van der Waals surface area contributed by atoms with Crippen LogP contribution < -0.4 is 19.3 Å². The van der Waals surface area contributed by atoms with E-state index in [0.717, 1.165) is 62.5 Å². The Balaban J connectivity index is 0.891. The molecule has 10 rings (SSSR count). The normalized spacial score (nSPS) is 15.4. The second kappa shape index (κ2) is 29.8. The van der Waals surface area contributed by atoms with Crippen LogP contribution in [0.25, 0.3) is 21.5 Å². The summed E-state index contributed by atoms with van der Waals surface area (Å²) in [6, 6.07) is 18.1. The Kier molecular flexibility index (Phi) is 22.4. The molecule has 4 aliphatic rings. The van der Waals surface area contributed by atoms with E-state index < -0.39 is 46.3 Å². The van der Waals surface area contributed by atoms with Gasteiger partial charge >= 0.3 is 0 Å². The van der Waals surface area contributed by atoms with Crippen LogP contribution in [0.5, 0.6) is 11.5 Å².